The van der Waals surface area contributed by atoms with Crippen LogP contribution in [0.25, 0.3) is 0 Å². The lowest BCUT2D eigenvalue weighted by Crippen LogP contribution is -2.50. The molecule has 2 amide bonds. The smallest absolute Gasteiger partial charge is 0.243 e. The third-order valence-electron chi connectivity index (χ3n) is 7.22. The maximum absolute atomic E-state index is 13.9. The lowest BCUT2D eigenvalue weighted by molar-refractivity contribution is -0.141. The highest BCUT2D eigenvalue weighted by Crippen LogP contribution is 2.34. The van der Waals surface area contributed by atoms with Crippen LogP contribution in [0, 0.1) is 6.92 Å². The molecular formula is C33H41N3O6S. The van der Waals surface area contributed by atoms with Gasteiger partial charge in [-0.05, 0) is 43.0 Å². The van der Waals surface area contributed by atoms with Crippen molar-refractivity contribution in [2.24, 2.45) is 0 Å². The molecule has 1 heterocycles. The van der Waals surface area contributed by atoms with Crippen LogP contribution in [-0.2, 0) is 32.6 Å². The number of anilines is 1. The molecule has 1 atom stereocenters. The molecule has 0 saturated heterocycles. The molecule has 0 aromatic heterocycles. The SMILES string of the molecule is CCCNC(=O)C(Cc1ccccc1)N(Cc1cccc(C)c1)C(=O)CCCN(c1ccc2c(c1)OCCO2)S(C)(=O)=O. The zero-order valence-corrected chi connectivity index (χ0v) is 25.9. The van der Waals surface area contributed by atoms with E-state index in [0.717, 1.165) is 29.4 Å². The molecule has 0 saturated carbocycles. The zero-order chi connectivity index (χ0) is 30.8. The molecule has 0 radical (unpaired) electrons. The van der Waals surface area contributed by atoms with Crippen molar-refractivity contribution in [1.29, 1.82) is 0 Å². The molecule has 1 N–H and O–H groups in total. The van der Waals surface area contributed by atoms with Crippen LogP contribution >= 0.6 is 0 Å². The minimum atomic E-state index is -3.65. The molecule has 1 aliphatic heterocycles. The van der Waals surface area contributed by atoms with Gasteiger partial charge in [0.2, 0.25) is 21.8 Å². The van der Waals surface area contributed by atoms with Crippen LogP contribution in [0.4, 0.5) is 5.69 Å². The van der Waals surface area contributed by atoms with Crippen LogP contribution in [-0.4, -0.2) is 63.7 Å². The van der Waals surface area contributed by atoms with Gasteiger partial charge in [0, 0.05) is 38.5 Å². The largest absolute Gasteiger partial charge is 0.486 e. The average Bonchev–Trinajstić information content (AvgIpc) is 2.99. The highest BCUT2D eigenvalue weighted by Gasteiger charge is 2.30. The number of ether oxygens (including phenoxy) is 2. The van der Waals surface area contributed by atoms with E-state index in [1.54, 1.807) is 23.1 Å². The Hall–Kier alpha value is -4.05. The molecule has 0 bridgehead atoms. The summed E-state index contributed by atoms with van der Waals surface area (Å²) in [6.07, 6.45) is 2.61. The van der Waals surface area contributed by atoms with E-state index >= 15 is 0 Å². The minimum absolute atomic E-state index is 0.0642. The molecule has 0 fully saturated rings. The Morgan fingerprint density at radius 1 is 0.930 bits per heavy atom. The maximum atomic E-state index is 13.9. The van der Waals surface area contributed by atoms with Crippen molar-refractivity contribution in [2.45, 2.75) is 52.1 Å². The average molecular weight is 608 g/mol. The van der Waals surface area contributed by atoms with E-state index in [9.17, 15) is 18.0 Å². The zero-order valence-electron chi connectivity index (χ0n) is 25.1. The Bertz CT molecular complexity index is 1500. The van der Waals surface area contributed by atoms with Gasteiger partial charge in [0.1, 0.15) is 19.3 Å². The molecule has 10 heteroatoms. The van der Waals surface area contributed by atoms with Crippen molar-refractivity contribution in [3.8, 4) is 11.5 Å². The number of carbonyl (C=O) groups excluding carboxylic acids is 2. The summed E-state index contributed by atoms with van der Waals surface area (Å²) in [6.45, 7) is 5.65. The molecule has 3 aromatic rings. The summed E-state index contributed by atoms with van der Waals surface area (Å²) in [5.41, 5.74) is 3.37. The third kappa shape index (κ3) is 8.97. The van der Waals surface area contributed by atoms with E-state index in [1.807, 2.05) is 68.4 Å². The van der Waals surface area contributed by atoms with Crippen LogP contribution in [0.5, 0.6) is 11.5 Å². The van der Waals surface area contributed by atoms with Gasteiger partial charge in [-0.3, -0.25) is 13.9 Å². The fraction of sp³-hybridized carbons (Fsp3) is 0.394. The molecule has 9 nitrogen and oxygen atoms in total. The number of fused-ring (bicyclic) bond motifs is 1. The number of amides is 2. The summed E-state index contributed by atoms with van der Waals surface area (Å²) < 4.78 is 38.1. The normalized spacial score (nSPS) is 13.2. The van der Waals surface area contributed by atoms with E-state index in [1.165, 1.54) is 4.31 Å². The van der Waals surface area contributed by atoms with Gasteiger partial charge in [-0.25, -0.2) is 8.42 Å². The van der Waals surface area contributed by atoms with Gasteiger partial charge in [-0.1, -0.05) is 67.1 Å². The first-order chi connectivity index (χ1) is 20.7. The Kier molecular flexibility index (Phi) is 11.1. The standard InChI is InChI=1S/C33H41N3O6S/c1-4-17-34-33(38)29(22-26-11-6-5-7-12-26)35(24-27-13-8-10-25(2)21-27)32(37)14-9-18-36(43(3,39)40)28-15-16-30-31(23-28)42-20-19-41-30/h5-8,10-13,15-16,21,23,29H,4,9,14,17-20,22,24H2,1-3H3,(H,34,38). The van der Waals surface area contributed by atoms with E-state index in [-0.39, 0.29) is 37.7 Å². The van der Waals surface area contributed by atoms with Gasteiger partial charge in [0.25, 0.3) is 0 Å². The third-order valence-corrected chi connectivity index (χ3v) is 8.42. The van der Waals surface area contributed by atoms with Gasteiger partial charge < -0.3 is 19.7 Å². The first-order valence-corrected chi connectivity index (χ1v) is 16.5. The fourth-order valence-corrected chi connectivity index (χ4v) is 6.08. The number of hydrogen-bond acceptors (Lipinski definition) is 6. The number of hydrogen-bond donors (Lipinski definition) is 1. The van der Waals surface area contributed by atoms with E-state index in [0.29, 0.717) is 43.4 Å². The van der Waals surface area contributed by atoms with Crippen LogP contribution < -0.4 is 19.1 Å². The number of sulfonamides is 1. The molecule has 43 heavy (non-hydrogen) atoms. The molecule has 1 unspecified atom stereocenters. The van der Waals surface area contributed by atoms with Crippen molar-refractivity contribution < 1.29 is 27.5 Å². The summed E-state index contributed by atoms with van der Waals surface area (Å²) in [6, 6.07) is 21.8. The molecule has 3 aromatic carbocycles. The van der Waals surface area contributed by atoms with Crippen molar-refractivity contribution in [3.63, 3.8) is 0 Å². The van der Waals surface area contributed by atoms with Gasteiger partial charge in [0.15, 0.2) is 11.5 Å². The number of benzene rings is 3. The van der Waals surface area contributed by atoms with Crippen LogP contribution in [0.15, 0.2) is 72.8 Å². The fourth-order valence-electron chi connectivity index (χ4n) is 5.12. The predicted molar refractivity (Wildman–Crippen MR) is 168 cm³/mol. The second-order valence-corrected chi connectivity index (χ2v) is 12.7. The number of rotatable bonds is 14. The topological polar surface area (TPSA) is 105 Å². The van der Waals surface area contributed by atoms with Crippen LogP contribution in [0.3, 0.4) is 0 Å². The van der Waals surface area contributed by atoms with Crippen molar-refractivity contribution in [1.82, 2.24) is 10.2 Å². The first-order valence-electron chi connectivity index (χ1n) is 14.7. The summed E-state index contributed by atoms with van der Waals surface area (Å²) in [4.78, 5) is 29.1. The maximum Gasteiger partial charge on any atom is 0.243 e. The van der Waals surface area contributed by atoms with Crippen molar-refractivity contribution in [2.75, 3.05) is 36.9 Å². The first kappa shape index (κ1) is 31.9. The van der Waals surface area contributed by atoms with Gasteiger partial charge >= 0.3 is 0 Å². The summed E-state index contributed by atoms with van der Waals surface area (Å²) in [5.74, 6) is 0.626. The van der Waals surface area contributed by atoms with E-state index in [2.05, 4.69) is 5.32 Å². The lowest BCUT2D eigenvalue weighted by atomic mass is 10.0. The number of nitrogens with one attached hydrogen (secondary N) is 1. The molecule has 4 rings (SSSR count). The Labute approximate surface area is 254 Å². The number of carbonyl (C=O) groups is 2. The predicted octanol–water partition coefficient (Wildman–Crippen LogP) is 4.48. The Morgan fingerprint density at radius 2 is 1.65 bits per heavy atom. The van der Waals surface area contributed by atoms with E-state index in [4.69, 9.17) is 9.47 Å². The number of aryl methyl sites for hydroxylation is 1. The summed E-state index contributed by atoms with van der Waals surface area (Å²) in [7, 11) is -3.65. The second-order valence-electron chi connectivity index (χ2n) is 10.8. The Balaban J connectivity index is 1.56. The van der Waals surface area contributed by atoms with Gasteiger partial charge in [-0.15, -0.1) is 0 Å². The van der Waals surface area contributed by atoms with Crippen LogP contribution in [0.2, 0.25) is 0 Å². The second kappa shape index (κ2) is 14.9. The highest BCUT2D eigenvalue weighted by molar-refractivity contribution is 7.92. The molecular weight excluding hydrogens is 566 g/mol. The van der Waals surface area contributed by atoms with E-state index < -0.39 is 16.1 Å². The molecule has 0 spiro atoms. The van der Waals surface area contributed by atoms with Crippen LogP contribution in [0.1, 0.15) is 42.9 Å². The summed E-state index contributed by atoms with van der Waals surface area (Å²) >= 11 is 0. The number of nitrogens with zero attached hydrogens (tertiary/aromatic N) is 2. The highest BCUT2D eigenvalue weighted by atomic mass is 32.2. The van der Waals surface area contributed by atoms with Crippen molar-refractivity contribution in [3.05, 3.63) is 89.5 Å². The summed E-state index contributed by atoms with van der Waals surface area (Å²) in [5, 5.41) is 2.98. The Morgan fingerprint density at radius 3 is 2.35 bits per heavy atom. The molecule has 230 valence electrons. The van der Waals surface area contributed by atoms with Crippen molar-refractivity contribution >= 4 is 27.5 Å². The van der Waals surface area contributed by atoms with Gasteiger partial charge in [-0.2, -0.15) is 0 Å². The monoisotopic (exact) mass is 607 g/mol. The quantitative estimate of drug-likeness (QED) is 0.290. The lowest BCUT2D eigenvalue weighted by Gasteiger charge is -2.32. The van der Waals surface area contributed by atoms with Gasteiger partial charge in [0.05, 0.1) is 11.9 Å². The minimum Gasteiger partial charge on any atom is -0.486 e. The molecule has 1 aliphatic rings. The molecule has 0 aliphatic carbocycles.